The monoisotopic (exact) mass is 247 g/mol. The number of halogens is 1. The van der Waals surface area contributed by atoms with Crippen LogP contribution in [0.3, 0.4) is 0 Å². The van der Waals surface area contributed by atoms with E-state index in [9.17, 15) is 0 Å². The van der Waals surface area contributed by atoms with Crippen LogP contribution in [0.5, 0.6) is 0 Å². The zero-order chi connectivity index (χ0) is 12.3. The number of nitrogens with one attached hydrogen (secondary N) is 1. The largest absolute Gasteiger partial charge is 0.398 e. The highest BCUT2D eigenvalue weighted by Crippen LogP contribution is 2.24. The van der Waals surface area contributed by atoms with Gasteiger partial charge in [0.2, 0.25) is 0 Å². The van der Waals surface area contributed by atoms with Gasteiger partial charge < -0.3 is 11.1 Å². The van der Waals surface area contributed by atoms with Gasteiger partial charge in [-0.1, -0.05) is 29.8 Å². The van der Waals surface area contributed by atoms with Gasteiger partial charge in [0.25, 0.3) is 0 Å². The summed E-state index contributed by atoms with van der Waals surface area (Å²) in [5, 5.41) is 3.75. The van der Waals surface area contributed by atoms with Crippen molar-refractivity contribution in [1.29, 1.82) is 0 Å². The van der Waals surface area contributed by atoms with Crippen LogP contribution in [0, 0.1) is 6.92 Å². The number of para-hydroxylation sites is 1. The summed E-state index contributed by atoms with van der Waals surface area (Å²) in [5.74, 6) is 0. The summed E-state index contributed by atoms with van der Waals surface area (Å²) in [6.07, 6.45) is 1.69. The van der Waals surface area contributed by atoms with E-state index < -0.39 is 0 Å². The fraction of sp³-hybridized carbons (Fsp3) is 0.154. The van der Waals surface area contributed by atoms with Crippen LogP contribution in [0.15, 0.2) is 36.5 Å². The van der Waals surface area contributed by atoms with Crippen LogP contribution in [0.4, 0.5) is 11.4 Å². The van der Waals surface area contributed by atoms with Crippen molar-refractivity contribution in [2.45, 2.75) is 13.5 Å². The summed E-state index contributed by atoms with van der Waals surface area (Å²) in [4.78, 5) is 4.05. The lowest BCUT2D eigenvalue weighted by Gasteiger charge is -2.11. The van der Waals surface area contributed by atoms with Gasteiger partial charge in [-0.05, 0) is 30.2 Å². The lowest BCUT2D eigenvalue weighted by atomic mass is 10.1. The van der Waals surface area contributed by atoms with Crippen LogP contribution >= 0.6 is 11.6 Å². The molecule has 0 aliphatic heterocycles. The lowest BCUT2D eigenvalue weighted by Crippen LogP contribution is -2.04. The Labute approximate surface area is 106 Å². The predicted molar refractivity (Wildman–Crippen MR) is 72.2 cm³/mol. The molecule has 0 amide bonds. The minimum atomic E-state index is 0.486. The third-order valence-corrected chi connectivity index (χ3v) is 2.91. The summed E-state index contributed by atoms with van der Waals surface area (Å²) in [6, 6.07) is 9.67. The maximum atomic E-state index is 6.03. The van der Waals surface area contributed by atoms with Crippen molar-refractivity contribution in [3.8, 4) is 0 Å². The minimum Gasteiger partial charge on any atom is -0.398 e. The Hall–Kier alpha value is -1.74. The molecule has 2 aromatic rings. The second kappa shape index (κ2) is 5.06. The van der Waals surface area contributed by atoms with E-state index in [1.54, 1.807) is 6.20 Å². The van der Waals surface area contributed by atoms with Crippen molar-refractivity contribution < 1.29 is 0 Å². The first-order valence-electron chi connectivity index (χ1n) is 5.37. The highest BCUT2D eigenvalue weighted by Gasteiger charge is 2.05. The molecule has 0 unspecified atom stereocenters. The smallest absolute Gasteiger partial charge is 0.152 e. The van der Waals surface area contributed by atoms with Crippen LogP contribution in [0.2, 0.25) is 5.15 Å². The molecule has 0 bridgehead atoms. The summed E-state index contributed by atoms with van der Waals surface area (Å²) in [5.41, 5.74) is 9.62. The van der Waals surface area contributed by atoms with Gasteiger partial charge in [0.15, 0.2) is 5.15 Å². The maximum absolute atomic E-state index is 6.03. The van der Waals surface area contributed by atoms with Crippen molar-refractivity contribution in [2.24, 2.45) is 0 Å². The molecule has 3 nitrogen and oxygen atoms in total. The zero-order valence-electron chi connectivity index (χ0n) is 9.57. The molecule has 0 radical (unpaired) electrons. The van der Waals surface area contributed by atoms with E-state index in [0.29, 0.717) is 11.7 Å². The Kier molecular flexibility index (Phi) is 3.49. The molecule has 0 spiro atoms. The first-order valence-corrected chi connectivity index (χ1v) is 5.74. The van der Waals surface area contributed by atoms with E-state index in [4.69, 9.17) is 17.3 Å². The second-order valence-electron chi connectivity index (χ2n) is 3.85. The van der Waals surface area contributed by atoms with Gasteiger partial charge in [0.05, 0.1) is 5.69 Å². The molecule has 88 valence electrons. The summed E-state index contributed by atoms with van der Waals surface area (Å²) in [7, 11) is 0. The van der Waals surface area contributed by atoms with Crippen molar-refractivity contribution in [2.75, 3.05) is 11.1 Å². The number of hydrogen-bond acceptors (Lipinski definition) is 3. The van der Waals surface area contributed by atoms with Crippen molar-refractivity contribution >= 4 is 23.0 Å². The average Bonchev–Trinajstić information content (AvgIpc) is 2.30. The van der Waals surface area contributed by atoms with Crippen molar-refractivity contribution in [1.82, 2.24) is 4.98 Å². The van der Waals surface area contributed by atoms with E-state index in [1.807, 2.05) is 37.3 Å². The molecule has 1 heterocycles. The first-order chi connectivity index (χ1) is 8.18. The Morgan fingerprint density at radius 3 is 2.76 bits per heavy atom. The molecule has 0 saturated carbocycles. The molecule has 0 saturated heterocycles. The first kappa shape index (κ1) is 11.7. The fourth-order valence-corrected chi connectivity index (χ4v) is 1.89. The van der Waals surface area contributed by atoms with E-state index in [1.165, 1.54) is 0 Å². The predicted octanol–water partition coefficient (Wildman–Crippen LogP) is 3.24. The normalized spacial score (nSPS) is 10.2. The van der Waals surface area contributed by atoms with Gasteiger partial charge in [-0.2, -0.15) is 0 Å². The highest BCUT2D eigenvalue weighted by atomic mass is 35.5. The molecule has 0 aliphatic carbocycles. The summed E-state index contributed by atoms with van der Waals surface area (Å²) >= 11 is 6.03. The van der Waals surface area contributed by atoms with Gasteiger partial charge in [-0.15, -0.1) is 0 Å². The third-order valence-electron chi connectivity index (χ3n) is 2.62. The molecular weight excluding hydrogens is 234 g/mol. The molecular formula is C13H14ClN3. The molecule has 0 fully saturated rings. The topological polar surface area (TPSA) is 50.9 Å². The standard InChI is InChI=1S/C13H14ClN3/c1-9-6-7-16-13(14)12(9)17-8-10-4-2-3-5-11(10)15/h2-7,17H,8,15H2,1H3. The van der Waals surface area contributed by atoms with Gasteiger partial charge in [-0.25, -0.2) is 4.98 Å². The fourth-order valence-electron chi connectivity index (χ4n) is 1.62. The Bertz CT molecular complexity index is 506. The maximum Gasteiger partial charge on any atom is 0.152 e. The number of benzene rings is 1. The summed E-state index contributed by atoms with van der Waals surface area (Å²) < 4.78 is 0. The van der Waals surface area contributed by atoms with Crippen molar-refractivity contribution in [3.05, 3.63) is 52.8 Å². The molecule has 0 aliphatic rings. The van der Waals surface area contributed by atoms with Crippen LogP contribution in [-0.2, 0) is 6.54 Å². The number of nitrogens with two attached hydrogens (primary N) is 1. The van der Waals surface area contributed by atoms with Crippen LogP contribution in [0.25, 0.3) is 0 Å². The van der Waals surface area contributed by atoms with Crippen LogP contribution in [0.1, 0.15) is 11.1 Å². The number of hydrogen-bond donors (Lipinski definition) is 2. The number of aryl methyl sites for hydroxylation is 1. The van der Waals surface area contributed by atoms with Crippen LogP contribution < -0.4 is 11.1 Å². The van der Waals surface area contributed by atoms with E-state index in [0.717, 1.165) is 22.5 Å². The average molecular weight is 248 g/mol. The quantitative estimate of drug-likeness (QED) is 0.647. The zero-order valence-corrected chi connectivity index (χ0v) is 10.3. The minimum absolute atomic E-state index is 0.486. The second-order valence-corrected chi connectivity index (χ2v) is 4.20. The number of pyridine rings is 1. The molecule has 2 rings (SSSR count). The van der Waals surface area contributed by atoms with Gasteiger partial charge in [-0.3, -0.25) is 0 Å². The lowest BCUT2D eigenvalue weighted by molar-refractivity contribution is 1.13. The van der Waals surface area contributed by atoms with E-state index in [2.05, 4.69) is 10.3 Å². The molecule has 0 atom stereocenters. The van der Waals surface area contributed by atoms with Crippen molar-refractivity contribution in [3.63, 3.8) is 0 Å². The number of nitrogens with zero attached hydrogens (tertiary/aromatic N) is 1. The molecule has 1 aromatic heterocycles. The third kappa shape index (κ3) is 2.68. The van der Waals surface area contributed by atoms with Gasteiger partial charge in [0.1, 0.15) is 0 Å². The van der Waals surface area contributed by atoms with Gasteiger partial charge >= 0.3 is 0 Å². The number of rotatable bonds is 3. The van der Waals surface area contributed by atoms with E-state index in [-0.39, 0.29) is 0 Å². The molecule has 17 heavy (non-hydrogen) atoms. The SMILES string of the molecule is Cc1ccnc(Cl)c1NCc1ccccc1N. The summed E-state index contributed by atoms with van der Waals surface area (Å²) in [6.45, 7) is 2.63. The molecule has 3 N–H and O–H groups in total. The Morgan fingerprint density at radius 2 is 2.06 bits per heavy atom. The van der Waals surface area contributed by atoms with Gasteiger partial charge in [0, 0.05) is 18.4 Å². The number of anilines is 2. The Balaban J connectivity index is 2.16. The number of aromatic nitrogens is 1. The van der Waals surface area contributed by atoms with Crippen LogP contribution in [-0.4, -0.2) is 4.98 Å². The Morgan fingerprint density at radius 1 is 1.29 bits per heavy atom. The highest BCUT2D eigenvalue weighted by molar-refractivity contribution is 6.32. The molecule has 1 aromatic carbocycles. The van der Waals surface area contributed by atoms with E-state index >= 15 is 0 Å². The molecule has 4 heteroatoms. The number of nitrogen functional groups attached to an aromatic ring is 1.